The van der Waals surface area contributed by atoms with Crippen LogP contribution in [0.2, 0.25) is 0 Å². The Morgan fingerprint density at radius 2 is 1.64 bits per heavy atom. The zero-order valence-corrected chi connectivity index (χ0v) is 16.8. The van der Waals surface area contributed by atoms with Crippen molar-refractivity contribution < 1.29 is 19.7 Å². The molecule has 0 amide bonds. The van der Waals surface area contributed by atoms with E-state index in [1.165, 1.54) is 11.1 Å². The second kappa shape index (κ2) is 8.74. The van der Waals surface area contributed by atoms with Crippen LogP contribution in [0, 0.1) is 0 Å². The first-order valence-electron chi connectivity index (χ1n) is 9.58. The van der Waals surface area contributed by atoms with Crippen LogP contribution in [-0.4, -0.2) is 42.9 Å². The fourth-order valence-corrected chi connectivity index (χ4v) is 4.33. The lowest BCUT2D eigenvalue weighted by Crippen LogP contribution is -2.32. The summed E-state index contributed by atoms with van der Waals surface area (Å²) in [5.74, 6) is 1.23. The first-order chi connectivity index (χ1) is 13.0. The van der Waals surface area contributed by atoms with Crippen molar-refractivity contribution in [2.45, 2.75) is 46.6 Å². The lowest BCUT2D eigenvalue weighted by Gasteiger charge is -2.35. The van der Waals surface area contributed by atoms with E-state index in [9.17, 15) is 10.2 Å². The monoisotopic (exact) mass is 387 g/mol. The highest BCUT2D eigenvalue weighted by molar-refractivity contribution is 5.83. The molecule has 5 nitrogen and oxygen atoms in total. The van der Waals surface area contributed by atoms with Gasteiger partial charge in [-0.15, -0.1) is 0 Å². The third-order valence-corrected chi connectivity index (χ3v) is 5.55. The highest BCUT2D eigenvalue weighted by Crippen LogP contribution is 2.52. The Morgan fingerprint density at radius 1 is 0.964 bits per heavy atom. The molecule has 2 N–H and O–H groups in total. The van der Waals surface area contributed by atoms with E-state index in [1.54, 1.807) is 20.3 Å². The average Bonchev–Trinajstić information content (AvgIpc) is 2.84. The third-order valence-electron chi connectivity index (χ3n) is 5.55. The summed E-state index contributed by atoms with van der Waals surface area (Å²) in [7, 11) is 5.27. The predicted molar refractivity (Wildman–Crippen MR) is 114 cm³/mol. The number of phenols is 2. The number of benzene rings is 2. The maximum absolute atomic E-state index is 10.5. The van der Waals surface area contributed by atoms with Crippen molar-refractivity contribution in [3.05, 3.63) is 34.9 Å². The highest BCUT2D eigenvalue weighted by atomic mass is 16.5. The van der Waals surface area contributed by atoms with E-state index in [1.807, 2.05) is 26.0 Å². The average molecular weight is 388 g/mol. The van der Waals surface area contributed by atoms with Gasteiger partial charge in [0.2, 0.25) is 0 Å². The molecule has 0 bridgehead atoms. The second-order valence-corrected chi connectivity index (χ2v) is 6.84. The number of rotatable bonds is 2. The van der Waals surface area contributed by atoms with E-state index in [0.29, 0.717) is 11.5 Å². The standard InChI is InChI=1S/C20H23NO4.C2H6.CH4/c1-21-7-6-12-9-16(23)20(25-3)19-13-10-17(24-2)15(22)8-11(13)4-5-14(21)18(12)19;1-2;/h8-10,14,22-23H,4-7H2,1-3H3;1-2H3;1H4. The molecular formula is C23H33NO4. The molecule has 1 aliphatic carbocycles. The lowest BCUT2D eigenvalue weighted by atomic mass is 9.85. The van der Waals surface area contributed by atoms with Crippen LogP contribution in [-0.2, 0) is 12.8 Å². The summed E-state index contributed by atoms with van der Waals surface area (Å²) in [6, 6.07) is 5.76. The van der Waals surface area contributed by atoms with Crippen LogP contribution in [0.15, 0.2) is 18.2 Å². The molecular weight excluding hydrogens is 354 g/mol. The zero-order valence-electron chi connectivity index (χ0n) is 16.8. The molecule has 5 heteroatoms. The first-order valence-corrected chi connectivity index (χ1v) is 9.58. The van der Waals surface area contributed by atoms with Crippen molar-refractivity contribution >= 4 is 0 Å². The Morgan fingerprint density at radius 3 is 2.29 bits per heavy atom. The quantitative estimate of drug-likeness (QED) is 0.766. The van der Waals surface area contributed by atoms with Crippen molar-refractivity contribution in [2.24, 2.45) is 0 Å². The van der Waals surface area contributed by atoms with Crippen molar-refractivity contribution in [2.75, 3.05) is 27.8 Å². The predicted octanol–water partition coefficient (Wildman–Crippen LogP) is 4.92. The van der Waals surface area contributed by atoms with E-state index in [4.69, 9.17) is 9.47 Å². The van der Waals surface area contributed by atoms with Crippen LogP contribution >= 0.6 is 0 Å². The maximum atomic E-state index is 10.5. The SMILES string of the molecule is C.CC.COc1cc2c(cc1O)CCC1c3c(cc(O)c(OC)c3-2)CCN1C. The maximum Gasteiger partial charge on any atom is 0.168 e. The summed E-state index contributed by atoms with van der Waals surface area (Å²) in [6.45, 7) is 4.97. The van der Waals surface area contributed by atoms with Gasteiger partial charge in [0.15, 0.2) is 23.0 Å². The fourth-order valence-electron chi connectivity index (χ4n) is 4.33. The smallest absolute Gasteiger partial charge is 0.168 e. The molecule has 154 valence electrons. The zero-order chi connectivity index (χ0) is 19.7. The summed E-state index contributed by atoms with van der Waals surface area (Å²) in [5, 5.41) is 20.7. The lowest BCUT2D eigenvalue weighted by molar-refractivity contribution is 0.220. The van der Waals surface area contributed by atoms with Crippen LogP contribution in [0.25, 0.3) is 11.1 Å². The minimum atomic E-state index is 0. The molecule has 0 radical (unpaired) electrons. The molecule has 2 aromatic rings. The number of nitrogens with zero attached hydrogens (tertiary/aromatic N) is 1. The minimum Gasteiger partial charge on any atom is -0.504 e. The van der Waals surface area contributed by atoms with E-state index < -0.39 is 0 Å². The topological polar surface area (TPSA) is 62.2 Å². The van der Waals surface area contributed by atoms with Crippen LogP contribution < -0.4 is 9.47 Å². The first kappa shape index (κ1) is 21.9. The molecule has 1 atom stereocenters. The Kier molecular flexibility index (Phi) is 6.83. The molecule has 1 unspecified atom stereocenters. The van der Waals surface area contributed by atoms with Crippen molar-refractivity contribution in [1.29, 1.82) is 0 Å². The molecule has 1 heterocycles. The number of fused-ring (bicyclic) bond motifs is 2. The van der Waals surface area contributed by atoms with Gasteiger partial charge in [-0.2, -0.15) is 0 Å². The van der Waals surface area contributed by atoms with Gasteiger partial charge in [-0.3, -0.25) is 4.90 Å². The molecule has 1 aliphatic heterocycles. The molecule has 0 spiro atoms. The van der Waals surface area contributed by atoms with Gasteiger partial charge < -0.3 is 19.7 Å². The van der Waals surface area contributed by atoms with E-state index >= 15 is 0 Å². The number of methoxy groups -OCH3 is 2. The number of aryl methyl sites for hydroxylation is 1. The Hall–Kier alpha value is -2.40. The molecule has 2 aromatic carbocycles. The summed E-state index contributed by atoms with van der Waals surface area (Å²) in [5.41, 5.74) is 5.36. The Labute approximate surface area is 168 Å². The number of hydrogen-bond donors (Lipinski definition) is 2. The number of phenolic OH excluding ortho intramolecular Hbond substituents is 2. The van der Waals surface area contributed by atoms with Crippen LogP contribution in [0.5, 0.6) is 23.0 Å². The van der Waals surface area contributed by atoms with Crippen LogP contribution in [0.3, 0.4) is 0 Å². The summed E-state index contributed by atoms with van der Waals surface area (Å²) < 4.78 is 10.9. The molecule has 4 rings (SSSR count). The van der Waals surface area contributed by atoms with Gasteiger partial charge in [-0.05, 0) is 66.8 Å². The number of ether oxygens (including phenoxy) is 2. The Bertz CT molecular complexity index is 847. The highest BCUT2D eigenvalue weighted by Gasteiger charge is 2.34. The third kappa shape index (κ3) is 3.39. The Balaban J connectivity index is 0.000000906. The molecule has 0 saturated heterocycles. The molecule has 2 aliphatic rings. The van der Waals surface area contributed by atoms with Crippen LogP contribution in [0.4, 0.5) is 0 Å². The molecule has 0 fully saturated rings. The normalized spacial score (nSPS) is 17.1. The molecule has 0 saturated carbocycles. The van der Waals surface area contributed by atoms with Gasteiger partial charge in [-0.1, -0.05) is 21.3 Å². The van der Waals surface area contributed by atoms with Crippen molar-refractivity contribution in [3.8, 4) is 34.1 Å². The summed E-state index contributed by atoms with van der Waals surface area (Å²) >= 11 is 0. The second-order valence-electron chi connectivity index (χ2n) is 6.84. The fraction of sp³-hybridized carbons (Fsp3) is 0.478. The molecule has 28 heavy (non-hydrogen) atoms. The van der Waals surface area contributed by atoms with Crippen molar-refractivity contribution in [3.63, 3.8) is 0 Å². The number of aromatic hydroxyl groups is 2. The van der Waals surface area contributed by atoms with E-state index in [2.05, 4.69) is 11.9 Å². The number of likely N-dealkylation sites (N-methyl/N-ethyl adjacent to an activating group) is 1. The van der Waals surface area contributed by atoms with Gasteiger partial charge >= 0.3 is 0 Å². The van der Waals surface area contributed by atoms with Gasteiger partial charge in [0.25, 0.3) is 0 Å². The van der Waals surface area contributed by atoms with Crippen molar-refractivity contribution in [1.82, 2.24) is 4.90 Å². The van der Waals surface area contributed by atoms with Crippen LogP contribution in [0.1, 0.15) is 50.4 Å². The number of hydrogen-bond acceptors (Lipinski definition) is 5. The van der Waals surface area contributed by atoms with Gasteiger partial charge in [0, 0.05) is 18.2 Å². The molecule has 0 aromatic heterocycles. The minimum absolute atomic E-state index is 0. The summed E-state index contributed by atoms with van der Waals surface area (Å²) in [4.78, 5) is 2.37. The van der Waals surface area contributed by atoms with Gasteiger partial charge in [0.1, 0.15) is 0 Å². The van der Waals surface area contributed by atoms with Gasteiger partial charge in [0.05, 0.1) is 14.2 Å². The van der Waals surface area contributed by atoms with E-state index in [0.717, 1.165) is 42.5 Å². The van der Waals surface area contributed by atoms with Gasteiger partial charge in [-0.25, -0.2) is 0 Å². The largest absolute Gasteiger partial charge is 0.504 e. The van der Waals surface area contributed by atoms with E-state index in [-0.39, 0.29) is 25.0 Å². The summed E-state index contributed by atoms with van der Waals surface area (Å²) in [6.07, 6.45) is 2.71.